The number of ether oxygens (including phenoxy) is 3. The van der Waals surface area contributed by atoms with Gasteiger partial charge in [-0.15, -0.1) is 0 Å². The summed E-state index contributed by atoms with van der Waals surface area (Å²) in [6.45, 7) is 8.51. The maximum absolute atomic E-state index is 14.1. The molecule has 6 nitrogen and oxygen atoms in total. The number of hydrogen-bond acceptors (Lipinski definition) is 6. The zero-order valence-corrected chi connectivity index (χ0v) is 20.2. The molecule has 3 rings (SSSR count). The molecule has 0 amide bonds. The number of aryl methyl sites for hydroxylation is 1. The summed E-state index contributed by atoms with van der Waals surface area (Å²) in [5, 5.41) is -0.477. The van der Waals surface area contributed by atoms with Crippen LogP contribution in [-0.4, -0.2) is 34.9 Å². The molecule has 0 N–H and O–H groups in total. The number of hydrogen-bond donors (Lipinski definition) is 0. The number of carbonyl (C=O) groups excluding carboxylic acids is 2. The molecule has 1 aromatic heterocycles. The molecule has 1 fully saturated rings. The molecular weight excluding hydrogens is 460 g/mol. The van der Waals surface area contributed by atoms with E-state index in [1.54, 1.807) is 45.9 Å². The van der Waals surface area contributed by atoms with Gasteiger partial charge < -0.3 is 14.2 Å². The lowest BCUT2D eigenvalue weighted by molar-refractivity contribution is -0.184. The van der Waals surface area contributed by atoms with Gasteiger partial charge in [-0.25, -0.2) is 0 Å². The lowest BCUT2D eigenvalue weighted by Gasteiger charge is -2.43. The first kappa shape index (κ1) is 24.4. The van der Waals surface area contributed by atoms with Gasteiger partial charge in [0.15, 0.2) is 17.3 Å². The van der Waals surface area contributed by atoms with Crippen molar-refractivity contribution in [3.63, 3.8) is 0 Å². The Hall–Kier alpha value is -2.22. The molecular formula is C23H24Cl2FNO5. The largest absolute Gasteiger partial charge is 0.493 e. The first-order valence-electron chi connectivity index (χ1n) is 10.0. The number of carbonyl (C=O) groups is 2. The maximum atomic E-state index is 14.1. The van der Waals surface area contributed by atoms with E-state index in [2.05, 4.69) is 4.98 Å². The molecule has 0 spiro atoms. The van der Waals surface area contributed by atoms with Crippen LogP contribution in [-0.2, 0) is 20.7 Å². The molecule has 0 aliphatic carbocycles. The fourth-order valence-corrected chi connectivity index (χ4v) is 4.41. The molecule has 1 aliphatic rings. The third kappa shape index (κ3) is 4.21. The lowest BCUT2D eigenvalue weighted by Crippen LogP contribution is -2.58. The number of ketones is 2. The van der Waals surface area contributed by atoms with Gasteiger partial charge in [0.05, 0.1) is 7.11 Å². The fraction of sp³-hybridized carbons (Fsp3) is 0.435. The molecule has 1 aliphatic heterocycles. The summed E-state index contributed by atoms with van der Waals surface area (Å²) >= 11 is 12.1. The van der Waals surface area contributed by atoms with Crippen molar-refractivity contribution >= 4 is 34.8 Å². The number of nitrogens with zero attached hydrogens (tertiary/aromatic N) is 1. The predicted octanol–water partition coefficient (Wildman–Crippen LogP) is 5.70. The molecule has 1 aromatic carbocycles. The number of aromatic nitrogens is 1. The molecule has 0 bridgehead atoms. The highest BCUT2D eigenvalue weighted by atomic mass is 35.5. The van der Waals surface area contributed by atoms with E-state index in [4.69, 9.17) is 37.4 Å². The highest BCUT2D eigenvalue weighted by Crippen LogP contribution is 2.43. The molecule has 0 radical (unpaired) electrons. The van der Waals surface area contributed by atoms with Crippen LogP contribution in [0.5, 0.6) is 17.4 Å². The molecule has 0 atom stereocenters. The average Bonchev–Trinajstić information content (AvgIpc) is 2.71. The Morgan fingerprint density at radius 1 is 1.09 bits per heavy atom. The van der Waals surface area contributed by atoms with Crippen molar-refractivity contribution in [1.29, 1.82) is 0 Å². The predicted molar refractivity (Wildman–Crippen MR) is 119 cm³/mol. The van der Waals surface area contributed by atoms with Crippen LogP contribution in [0.15, 0.2) is 18.2 Å². The van der Waals surface area contributed by atoms with E-state index >= 15 is 0 Å². The monoisotopic (exact) mass is 483 g/mol. The third-order valence-electron chi connectivity index (χ3n) is 5.42. The van der Waals surface area contributed by atoms with Gasteiger partial charge in [-0.3, -0.25) is 9.59 Å². The van der Waals surface area contributed by atoms with Crippen molar-refractivity contribution in [1.82, 2.24) is 4.98 Å². The van der Waals surface area contributed by atoms with Crippen molar-refractivity contribution in [3.8, 4) is 17.4 Å². The van der Waals surface area contributed by atoms with Gasteiger partial charge in [0.25, 0.3) is 0 Å². The molecule has 1 saturated heterocycles. The van der Waals surface area contributed by atoms with E-state index in [0.29, 0.717) is 12.0 Å². The first-order chi connectivity index (χ1) is 14.8. The van der Waals surface area contributed by atoms with Crippen LogP contribution in [0.3, 0.4) is 0 Å². The summed E-state index contributed by atoms with van der Waals surface area (Å²) in [7, 11) is 1.29. The van der Waals surface area contributed by atoms with Crippen molar-refractivity contribution in [2.75, 3.05) is 7.11 Å². The Morgan fingerprint density at radius 3 is 2.22 bits per heavy atom. The topological polar surface area (TPSA) is 74.7 Å². The molecule has 0 unspecified atom stereocenters. The smallest absolute Gasteiger partial charge is 0.244 e. The van der Waals surface area contributed by atoms with Crippen LogP contribution in [0.2, 0.25) is 10.0 Å². The van der Waals surface area contributed by atoms with Crippen LogP contribution in [0.25, 0.3) is 0 Å². The molecule has 9 heteroatoms. The van der Waals surface area contributed by atoms with E-state index in [-0.39, 0.29) is 39.0 Å². The zero-order valence-electron chi connectivity index (χ0n) is 18.6. The van der Waals surface area contributed by atoms with Crippen LogP contribution in [0.1, 0.15) is 51.7 Å². The van der Waals surface area contributed by atoms with Crippen molar-refractivity contribution in [3.05, 3.63) is 45.3 Å². The fourth-order valence-electron chi connectivity index (χ4n) is 3.90. The van der Waals surface area contributed by atoms with E-state index in [1.165, 1.54) is 7.11 Å². The maximum Gasteiger partial charge on any atom is 0.244 e. The molecule has 172 valence electrons. The van der Waals surface area contributed by atoms with E-state index in [9.17, 15) is 14.0 Å². The van der Waals surface area contributed by atoms with E-state index in [1.807, 2.05) is 6.92 Å². The summed E-state index contributed by atoms with van der Waals surface area (Å²) in [5.41, 5.74) is -0.998. The van der Waals surface area contributed by atoms with Gasteiger partial charge >= 0.3 is 0 Å². The standard InChI is InChI=1S/C23H24Cl2FNO5/c1-7-11-8-9-12(31-21-16(25)17(30-6)15(24)20(26)27-21)10-13(11)14-18(28)22(2,3)32-23(4,5)19(14)29/h8-10,14H,7H2,1-6H3. The lowest BCUT2D eigenvalue weighted by atomic mass is 9.73. The molecule has 2 heterocycles. The molecule has 0 saturated carbocycles. The van der Waals surface area contributed by atoms with Crippen molar-refractivity contribution in [2.24, 2.45) is 0 Å². The summed E-state index contributed by atoms with van der Waals surface area (Å²) in [5.74, 6) is -2.88. The second-order valence-corrected chi connectivity index (χ2v) is 9.23. The number of rotatable bonds is 5. The Kier molecular flexibility index (Phi) is 6.57. The van der Waals surface area contributed by atoms with Gasteiger partial charge in [0.1, 0.15) is 32.9 Å². The number of halogens is 3. The Balaban J connectivity index is 2.10. The van der Waals surface area contributed by atoms with Gasteiger partial charge in [0.2, 0.25) is 11.8 Å². The number of benzene rings is 1. The minimum atomic E-state index is -1.15. The average molecular weight is 484 g/mol. The Labute approximate surface area is 196 Å². The summed E-state index contributed by atoms with van der Waals surface area (Å²) < 4.78 is 30.6. The minimum Gasteiger partial charge on any atom is -0.493 e. The highest BCUT2D eigenvalue weighted by molar-refractivity contribution is 6.37. The van der Waals surface area contributed by atoms with Crippen molar-refractivity contribution in [2.45, 2.75) is 58.2 Å². The Morgan fingerprint density at radius 2 is 1.69 bits per heavy atom. The van der Waals surface area contributed by atoms with Crippen LogP contribution in [0, 0.1) is 5.95 Å². The summed E-state index contributed by atoms with van der Waals surface area (Å²) in [6.07, 6.45) is 0.580. The zero-order chi connectivity index (χ0) is 24.0. The van der Waals surface area contributed by atoms with E-state index < -0.39 is 23.1 Å². The second kappa shape index (κ2) is 8.61. The third-order valence-corrected chi connectivity index (χ3v) is 6.08. The van der Waals surface area contributed by atoms with Gasteiger partial charge in [0, 0.05) is 0 Å². The molecule has 2 aromatic rings. The highest BCUT2D eigenvalue weighted by Gasteiger charge is 2.53. The summed E-state index contributed by atoms with van der Waals surface area (Å²) in [4.78, 5) is 30.1. The summed E-state index contributed by atoms with van der Waals surface area (Å²) in [6, 6.07) is 4.95. The molecule has 32 heavy (non-hydrogen) atoms. The number of Topliss-reactive ketones (excluding diaryl/α,β-unsaturated/α-hetero) is 2. The minimum absolute atomic E-state index is 0.111. The van der Waals surface area contributed by atoms with Crippen LogP contribution in [0.4, 0.5) is 4.39 Å². The van der Waals surface area contributed by atoms with Crippen molar-refractivity contribution < 1.29 is 28.2 Å². The second-order valence-electron chi connectivity index (χ2n) is 8.47. The number of methoxy groups -OCH3 is 1. The normalized spacial score (nSPS) is 18.0. The SMILES string of the molecule is CCc1ccc(Oc2nc(F)c(Cl)c(OC)c2Cl)cc1C1C(=O)C(C)(C)OC(C)(C)C1=O. The van der Waals surface area contributed by atoms with E-state index in [0.717, 1.165) is 5.56 Å². The first-order valence-corrected chi connectivity index (χ1v) is 10.8. The van der Waals surface area contributed by atoms with Gasteiger partial charge in [-0.1, -0.05) is 36.2 Å². The van der Waals surface area contributed by atoms with Gasteiger partial charge in [-0.05, 0) is 57.4 Å². The van der Waals surface area contributed by atoms with Gasteiger partial charge in [-0.2, -0.15) is 9.37 Å². The van der Waals surface area contributed by atoms with Crippen LogP contribution < -0.4 is 9.47 Å². The Bertz CT molecular complexity index is 1070. The quantitative estimate of drug-likeness (QED) is 0.401. The number of pyridine rings is 1. The van der Waals surface area contributed by atoms with Crippen LogP contribution >= 0.6 is 23.2 Å².